The first-order valence-electron chi connectivity index (χ1n) is 20.3. The molecule has 12 nitrogen and oxygen atoms in total. The summed E-state index contributed by atoms with van der Waals surface area (Å²) in [6.45, 7) is 7.38. The molecular weight excluding hydrogens is 761 g/mol. The predicted molar refractivity (Wildman–Crippen MR) is 235 cm³/mol. The third-order valence-corrected chi connectivity index (χ3v) is 12.2. The number of ether oxygens (including phenoxy) is 1. The summed E-state index contributed by atoms with van der Waals surface area (Å²) in [5, 5.41) is 2.97. The maximum absolute atomic E-state index is 14.4. The third kappa shape index (κ3) is 13.7. The first-order valence-corrected chi connectivity index (χ1v) is 23.7. The van der Waals surface area contributed by atoms with Crippen LogP contribution in [0, 0.1) is 6.92 Å². The zero-order valence-electron chi connectivity index (χ0n) is 34.6. The van der Waals surface area contributed by atoms with Gasteiger partial charge in [0.1, 0.15) is 10.6 Å². The lowest BCUT2D eigenvalue weighted by atomic mass is 10.0. The van der Waals surface area contributed by atoms with Crippen molar-refractivity contribution in [2.75, 3.05) is 55.2 Å². The Morgan fingerprint density at radius 1 is 0.895 bits per heavy atom. The van der Waals surface area contributed by atoms with Crippen molar-refractivity contribution in [2.45, 2.75) is 109 Å². The van der Waals surface area contributed by atoms with Gasteiger partial charge in [-0.3, -0.25) is 4.79 Å². The SMILES string of the molecule is CCCCCCCCCCCCCCc1ccc(OC)c(NC(=O)C(=Nc2ccc(N(CC)CCNS(C)(=O)=O)cc2C)C2=NS(=O)(=O)c3ccccc3N2C)c1. The minimum absolute atomic E-state index is 0.0359. The van der Waals surface area contributed by atoms with Gasteiger partial charge in [0.25, 0.3) is 15.9 Å². The summed E-state index contributed by atoms with van der Waals surface area (Å²) in [5.74, 6) is -0.312. The molecule has 0 aliphatic carbocycles. The standard InChI is InChI=1S/C43H62N6O6S2/c1-7-9-10-11-12-13-14-15-16-17-18-19-22-34-25-28-39(55-5)37(32-34)46-43(50)41(42-47-57(53,54)40-24-21-20-23-38(40)48(42)4)45-36-27-26-35(31-33(36)3)49(8-2)30-29-44-56(6,51)52/h20-21,23-28,31-32,44H,7-19,22,29-30H2,1-6H3,(H,46,50). The molecule has 4 rings (SSSR count). The molecule has 1 amide bonds. The second kappa shape index (κ2) is 22.0. The van der Waals surface area contributed by atoms with E-state index in [1.165, 1.54) is 77.4 Å². The lowest BCUT2D eigenvalue weighted by Gasteiger charge is -2.27. The molecule has 0 saturated heterocycles. The highest BCUT2D eigenvalue weighted by Gasteiger charge is 2.34. The van der Waals surface area contributed by atoms with Gasteiger partial charge in [0.15, 0.2) is 11.5 Å². The van der Waals surface area contributed by atoms with E-state index in [0.717, 1.165) is 42.3 Å². The number of hydrogen-bond donors (Lipinski definition) is 2. The van der Waals surface area contributed by atoms with Crippen LogP contribution in [0.25, 0.3) is 0 Å². The quantitative estimate of drug-likeness (QED) is 0.0674. The van der Waals surface area contributed by atoms with Crippen molar-refractivity contribution in [1.29, 1.82) is 0 Å². The van der Waals surface area contributed by atoms with Gasteiger partial charge in [0.2, 0.25) is 10.0 Å². The minimum Gasteiger partial charge on any atom is -0.495 e. The van der Waals surface area contributed by atoms with Gasteiger partial charge in [-0.05, 0) is 80.3 Å². The molecule has 57 heavy (non-hydrogen) atoms. The zero-order chi connectivity index (χ0) is 41.4. The van der Waals surface area contributed by atoms with Gasteiger partial charge in [0, 0.05) is 32.4 Å². The van der Waals surface area contributed by atoms with Crippen molar-refractivity contribution in [3.05, 3.63) is 71.8 Å². The van der Waals surface area contributed by atoms with Crippen LogP contribution in [0.4, 0.5) is 22.7 Å². The fraction of sp³-hybridized carbons (Fsp3) is 0.512. The van der Waals surface area contributed by atoms with Crippen molar-refractivity contribution in [2.24, 2.45) is 9.39 Å². The number of nitrogens with one attached hydrogen (secondary N) is 2. The summed E-state index contributed by atoms with van der Waals surface area (Å²) in [7, 11) is -4.30. The van der Waals surface area contributed by atoms with Gasteiger partial charge in [-0.15, -0.1) is 4.40 Å². The molecule has 0 fully saturated rings. The summed E-state index contributed by atoms with van der Waals surface area (Å²) >= 11 is 0. The largest absolute Gasteiger partial charge is 0.495 e. The van der Waals surface area contributed by atoms with Crippen LogP contribution in [0.2, 0.25) is 0 Å². The van der Waals surface area contributed by atoms with Crippen LogP contribution in [-0.4, -0.2) is 74.3 Å². The van der Waals surface area contributed by atoms with Crippen LogP contribution in [0.15, 0.2) is 74.9 Å². The number of hydrogen-bond acceptors (Lipinski definition) is 9. The van der Waals surface area contributed by atoms with E-state index in [1.807, 2.05) is 49.1 Å². The number of aliphatic imine (C=N–C) groups is 1. The summed E-state index contributed by atoms with van der Waals surface area (Å²) in [6.07, 6.45) is 17.2. The normalized spacial score (nSPS) is 13.9. The number of amides is 1. The van der Waals surface area contributed by atoms with Gasteiger partial charge >= 0.3 is 0 Å². The molecule has 0 atom stereocenters. The Kier molecular flexibility index (Phi) is 17.6. The number of sulfonamides is 2. The van der Waals surface area contributed by atoms with Gasteiger partial charge in [-0.1, -0.05) is 95.8 Å². The Labute approximate surface area is 341 Å². The minimum atomic E-state index is -4.16. The molecule has 2 N–H and O–H groups in total. The van der Waals surface area contributed by atoms with Crippen LogP contribution in [0.3, 0.4) is 0 Å². The zero-order valence-corrected chi connectivity index (χ0v) is 36.3. The number of fused-ring (bicyclic) bond motifs is 1. The van der Waals surface area contributed by atoms with Gasteiger partial charge in [-0.25, -0.2) is 18.1 Å². The average molecular weight is 823 g/mol. The van der Waals surface area contributed by atoms with Crippen LogP contribution < -0.4 is 24.6 Å². The Balaban J connectivity index is 1.55. The number of amidine groups is 1. The maximum Gasteiger partial charge on any atom is 0.286 e. The third-order valence-electron chi connectivity index (χ3n) is 10.2. The van der Waals surface area contributed by atoms with E-state index < -0.39 is 26.0 Å². The number of para-hydroxylation sites is 1. The molecule has 0 saturated carbocycles. The molecule has 1 aliphatic heterocycles. The van der Waals surface area contributed by atoms with Crippen LogP contribution in [0.5, 0.6) is 5.75 Å². The summed E-state index contributed by atoms with van der Waals surface area (Å²) in [4.78, 5) is 22.8. The second-order valence-electron chi connectivity index (χ2n) is 14.7. The second-order valence-corrected chi connectivity index (χ2v) is 18.1. The number of likely N-dealkylation sites (N-methyl/N-ethyl adjacent to an activating group) is 1. The van der Waals surface area contributed by atoms with Gasteiger partial charge in [-0.2, -0.15) is 8.42 Å². The molecule has 0 spiro atoms. The molecule has 312 valence electrons. The van der Waals surface area contributed by atoms with Crippen LogP contribution >= 0.6 is 0 Å². The van der Waals surface area contributed by atoms with E-state index >= 15 is 0 Å². The molecule has 3 aromatic rings. The topological polar surface area (TPSA) is 150 Å². The fourth-order valence-electron chi connectivity index (χ4n) is 6.97. The number of methoxy groups -OCH3 is 1. The molecule has 0 aromatic heterocycles. The molecule has 0 radical (unpaired) electrons. The highest BCUT2D eigenvalue weighted by atomic mass is 32.2. The molecule has 0 bridgehead atoms. The number of carbonyl (C=O) groups is 1. The summed E-state index contributed by atoms with van der Waals surface area (Å²) in [5.41, 5.74) is 3.68. The molecule has 3 aromatic carbocycles. The number of carbonyl (C=O) groups excluding carboxylic acids is 1. The van der Waals surface area contributed by atoms with Crippen LogP contribution in [-0.2, 0) is 31.3 Å². The van der Waals surface area contributed by atoms with Crippen molar-refractivity contribution < 1.29 is 26.4 Å². The number of unbranched alkanes of at least 4 members (excludes halogenated alkanes) is 11. The number of nitrogens with zero attached hydrogens (tertiary/aromatic N) is 4. The van der Waals surface area contributed by atoms with Gasteiger partial charge in [0.05, 0.1) is 30.4 Å². The number of benzene rings is 3. The van der Waals surface area contributed by atoms with E-state index in [-0.39, 0.29) is 23.0 Å². The Hall–Kier alpha value is -4.27. The fourth-order valence-corrected chi connectivity index (χ4v) is 8.69. The van der Waals surface area contributed by atoms with Crippen molar-refractivity contribution in [1.82, 2.24) is 4.72 Å². The number of anilines is 3. The van der Waals surface area contributed by atoms with Crippen molar-refractivity contribution in [3.8, 4) is 5.75 Å². The molecule has 1 aliphatic rings. The first-order chi connectivity index (χ1) is 27.3. The Morgan fingerprint density at radius 2 is 1.54 bits per heavy atom. The smallest absolute Gasteiger partial charge is 0.286 e. The molecule has 0 unspecified atom stereocenters. The number of aryl methyl sites for hydroxylation is 2. The lowest BCUT2D eigenvalue weighted by Crippen LogP contribution is -2.43. The molecule has 1 heterocycles. The molecular formula is C43H62N6O6S2. The summed E-state index contributed by atoms with van der Waals surface area (Å²) < 4.78 is 62.4. The first kappa shape index (κ1) is 45.4. The monoisotopic (exact) mass is 822 g/mol. The highest BCUT2D eigenvalue weighted by molar-refractivity contribution is 7.90. The van der Waals surface area contributed by atoms with E-state index in [2.05, 4.69) is 21.4 Å². The highest BCUT2D eigenvalue weighted by Crippen LogP contribution is 2.33. The number of rotatable bonds is 24. The maximum atomic E-state index is 14.4. The van der Waals surface area contributed by atoms with E-state index in [4.69, 9.17) is 9.73 Å². The Morgan fingerprint density at radius 3 is 2.16 bits per heavy atom. The van der Waals surface area contributed by atoms with E-state index in [9.17, 15) is 21.6 Å². The van der Waals surface area contributed by atoms with Crippen LogP contribution in [0.1, 0.15) is 102 Å². The van der Waals surface area contributed by atoms with Crippen molar-refractivity contribution >= 4 is 60.3 Å². The average Bonchev–Trinajstić information content (AvgIpc) is 3.17. The lowest BCUT2D eigenvalue weighted by molar-refractivity contribution is -0.110. The van der Waals surface area contributed by atoms with Crippen molar-refractivity contribution in [3.63, 3.8) is 0 Å². The Bertz CT molecular complexity index is 2080. The predicted octanol–water partition coefficient (Wildman–Crippen LogP) is 8.57. The van der Waals surface area contributed by atoms with Gasteiger partial charge < -0.3 is 19.9 Å². The molecule has 14 heteroatoms. The summed E-state index contributed by atoms with van der Waals surface area (Å²) in [6, 6.07) is 17.7. The van der Waals surface area contributed by atoms with E-state index in [1.54, 1.807) is 36.2 Å². The van der Waals surface area contributed by atoms with E-state index in [0.29, 0.717) is 35.9 Å².